The van der Waals surface area contributed by atoms with Gasteiger partial charge in [-0.25, -0.2) is 0 Å². The highest BCUT2D eigenvalue weighted by molar-refractivity contribution is 9.10. The highest BCUT2D eigenvalue weighted by Crippen LogP contribution is 2.25. The van der Waals surface area contributed by atoms with Crippen LogP contribution in [0.25, 0.3) is 0 Å². The smallest absolute Gasteiger partial charge is 0.129 e. The molecule has 0 aliphatic carbocycles. The van der Waals surface area contributed by atoms with E-state index < -0.39 is 0 Å². The van der Waals surface area contributed by atoms with Crippen LogP contribution in [0.15, 0.2) is 46.9 Å². The average Bonchev–Trinajstić information content (AvgIpc) is 2.40. The van der Waals surface area contributed by atoms with Crippen molar-refractivity contribution in [2.45, 2.75) is 26.3 Å². The Hall–Kier alpha value is -1.48. The van der Waals surface area contributed by atoms with Gasteiger partial charge < -0.3 is 10.4 Å². The van der Waals surface area contributed by atoms with Crippen LogP contribution in [0.3, 0.4) is 0 Å². The molecule has 3 heteroatoms. The van der Waals surface area contributed by atoms with Crippen molar-refractivity contribution in [1.82, 2.24) is 0 Å². The van der Waals surface area contributed by atoms with Crippen molar-refractivity contribution in [1.29, 1.82) is 0 Å². The van der Waals surface area contributed by atoms with Crippen LogP contribution in [-0.4, -0.2) is 5.11 Å². The highest BCUT2D eigenvalue weighted by Gasteiger charge is 2.02. The van der Waals surface area contributed by atoms with E-state index in [0.29, 0.717) is 5.92 Å². The Morgan fingerprint density at radius 2 is 1.95 bits per heavy atom. The van der Waals surface area contributed by atoms with Crippen molar-refractivity contribution < 1.29 is 5.11 Å². The maximum absolute atomic E-state index is 9.46. The zero-order chi connectivity index (χ0) is 13.8. The minimum Gasteiger partial charge on any atom is -0.507 e. The third kappa shape index (κ3) is 3.74. The monoisotopic (exact) mass is 319 g/mol. The van der Waals surface area contributed by atoms with Crippen molar-refractivity contribution in [3.63, 3.8) is 0 Å². The van der Waals surface area contributed by atoms with Gasteiger partial charge in [-0.1, -0.05) is 32.0 Å². The van der Waals surface area contributed by atoms with Crippen LogP contribution in [0.2, 0.25) is 0 Å². The number of phenolic OH excluding ortho intramolecular Hbond substituents is 1. The number of phenols is 1. The lowest BCUT2D eigenvalue weighted by molar-refractivity contribution is 0.471. The zero-order valence-electron chi connectivity index (χ0n) is 11.2. The van der Waals surface area contributed by atoms with Gasteiger partial charge in [0, 0.05) is 12.2 Å². The van der Waals surface area contributed by atoms with Crippen LogP contribution in [0.1, 0.15) is 30.9 Å². The molecule has 0 aromatic heterocycles. The van der Waals surface area contributed by atoms with E-state index in [-0.39, 0.29) is 5.75 Å². The lowest BCUT2D eigenvalue weighted by Gasteiger charge is -2.11. The predicted molar refractivity (Wildman–Crippen MR) is 83.7 cm³/mol. The van der Waals surface area contributed by atoms with E-state index >= 15 is 0 Å². The first-order chi connectivity index (χ1) is 9.06. The molecule has 0 fully saturated rings. The molecule has 0 bridgehead atoms. The summed E-state index contributed by atoms with van der Waals surface area (Å²) in [6.45, 7) is 5.12. The summed E-state index contributed by atoms with van der Waals surface area (Å²) in [5.41, 5.74) is 3.58. The molecule has 0 heterocycles. The molecule has 0 aliphatic rings. The molecule has 0 radical (unpaired) electrons. The molecule has 2 aromatic rings. The summed E-state index contributed by atoms with van der Waals surface area (Å²) < 4.78 is 0.725. The SMILES string of the molecule is CC(C)c1cccc(NCc2ccc(O)c(Br)c2)c1. The quantitative estimate of drug-likeness (QED) is 0.840. The zero-order valence-corrected chi connectivity index (χ0v) is 12.7. The van der Waals surface area contributed by atoms with Crippen LogP contribution >= 0.6 is 15.9 Å². The Morgan fingerprint density at radius 3 is 2.63 bits per heavy atom. The molecule has 0 saturated carbocycles. The minimum atomic E-state index is 0.269. The molecule has 0 amide bonds. The summed E-state index contributed by atoms with van der Waals surface area (Å²) >= 11 is 3.33. The summed E-state index contributed by atoms with van der Waals surface area (Å²) in [7, 11) is 0. The molecule has 19 heavy (non-hydrogen) atoms. The minimum absolute atomic E-state index is 0.269. The number of aromatic hydroxyl groups is 1. The molecule has 2 rings (SSSR count). The second-order valence-corrected chi connectivity index (χ2v) is 5.77. The van der Waals surface area contributed by atoms with Crippen LogP contribution in [-0.2, 0) is 6.54 Å². The lowest BCUT2D eigenvalue weighted by atomic mass is 10.0. The van der Waals surface area contributed by atoms with Gasteiger partial charge in [0.05, 0.1) is 4.47 Å². The standard InChI is InChI=1S/C16H18BrNO/c1-11(2)13-4-3-5-14(9-13)18-10-12-6-7-16(19)15(17)8-12/h3-9,11,18-19H,10H2,1-2H3. The Bertz CT molecular complexity index is 566. The first-order valence-electron chi connectivity index (χ1n) is 6.37. The van der Waals surface area contributed by atoms with Crippen LogP contribution < -0.4 is 5.32 Å². The summed E-state index contributed by atoms with van der Waals surface area (Å²) in [5.74, 6) is 0.801. The largest absolute Gasteiger partial charge is 0.507 e. The second kappa shape index (κ2) is 6.11. The second-order valence-electron chi connectivity index (χ2n) is 4.92. The molecule has 0 spiro atoms. The molecule has 100 valence electrons. The molecular weight excluding hydrogens is 302 g/mol. The van der Waals surface area contributed by atoms with E-state index in [1.807, 2.05) is 12.1 Å². The average molecular weight is 320 g/mol. The van der Waals surface area contributed by atoms with Gasteiger partial charge in [-0.3, -0.25) is 0 Å². The van der Waals surface area contributed by atoms with Crippen molar-refractivity contribution in [2.24, 2.45) is 0 Å². The fourth-order valence-electron chi connectivity index (χ4n) is 1.87. The van der Waals surface area contributed by atoms with Crippen LogP contribution in [0, 0.1) is 0 Å². The maximum atomic E-state index is 9.46. The van der Waals surface area contributed by atoms with Gasteiger partial charge in [0.15, 0.2) is 0 Å². The van der Waals surface area contributed by atoms with Gasteiger partial charge in [-0.15, -0.1) is 0 Å². The molecule has 0 unspecified atom stereocenters. The first-order valence-corrected chi connectivity index (χ1v) is 7.17. The van der Waals surface area contributed by atoms with E-state index in [0.717, 1.165) is 22.3 Å². The number of hydrogen-bond acceptors (Lipinski definition) is 2. The molecule has 0 saturated heterocycles. The lowest BCUT2D eigenvalue weighted by Crippen LogP contribution is -2.00. The summed E-state index contributed by atoms with van der Waals surface area (Å²) in [5, 5.41) is 12.9. The van der Waals surface area contributed by atoms with E-state index in [1.165, 1.54) is 5.56 Å². The Kier molecular flexibility index (Phi) is 4.48. The Labute approximate surface area is 122 Å². The predicted octanol–water partition coefficient (Wildman–Crippen LogP) is 4.89. The van der Waals surface area contributed by atoms with E-state index in [9.17, 15) is 5.11 Å². The summed E-state index contributed by atoms with van der Waals surface area (Å²) in [6.07, 6.45) is 0. The third-order valence-corrected chi connectivity index (χ3v) is 3.70. The van der Waals surface area contributed by atoms with Gasteiger partial charge >= 0.3 is 0 Å². The van der Waals surface area contributed by atoms with Gasteiger partial charge in [0.1, 0.15) is 5.75 Å². The number of anilines is 1. The molecule has 2 aromatic carbocycles. The number of halogens is 1. The molecule has 2 nitrogen and oxygen atoms in total. The first kappa shape index (κ1) is 13.9. The van der Waals surface area contributed by atoms with Crippen LogP contribution in [0.4, 0.5) is 5.69 Å². The van der Waals surface area contributed by atoms with E-state index in [1.54, 1.807) is 6.07 Å². The van der Waals surface area contributed by atoms with Crippen molar-refractivity contribution in [2.75, 3.05) is 5.32 Å². The maximum Gasteiger partial charge on any atom is 0.129 e. The fourth-order valence-corrected chi connectivity index (χ4v) is 2.30. The van der Waals surface area contributed by atoms with Gasteiger partial charge in [0.2, 0.25) is 0 Å². The topological polar surface area (TPSA) is 32.3 Å². The molecule has 0 aliphatic heterocycles. The fraction of sp³-hybridized carbons (Fsp3) is 0.250. The molecule has 0 atom stereocenters. The molecular formula is C16H18BrNO. The Morgan fingerprint density at radius 1 is 1.16 bits per heavy atom. The summed E-state index contributed by atoms with van der Waals surface area (Å²) in [6, 6.07) is 14.0. The van der Waals surface area contributed by atoms with Crippen molar-refractivity contribution in [3.05, 3.63) is 58.1 Å². The third-order valence-electron chi connectivity index (χ3n) is 3.06. The van der Waals surface area contributed by atoms with Gasteiger partial charge in [-0.05, 0) is 57.2 Å². The summed E-state index contributed by atoms with van der Waals surface area (Å²) in [4.78, 5) is 0. The van der Waals surface area contributed by atoms with Crippen LogP contribution in [0.5, 0.6) is 5.75 Å². The number of rotatable bonds is 4. The number of benzene rings is 2. The molecule has 2 N–H and O–H groups in total. The highest BCUT2D eigenvalue weighted by atomic mass is 79.9. The number of nitrogens with one attached hydrogen (secondary N) is 1. The van der Waals surface area contributed by atoms with Gasteiger partial charge in [0.25, 0.3) is 0 Å². The van der Waals surface area contributed by atoms with Crippen molar-refractivity contribution in [3.8, 4) is 5.75 Å². The van der Waals surface area contributed by atoms with Gasteiger partial charge in [-0.2, -0.15) is 0 Å². The normalized spacial score (nSPS) is 10.7. The van der Waals surface area contributed by atoms with E-state index in [2.05, 4.69) is 59.4 Å². The number of hydrogen-bond donors (Lipinski definition) is 2. The van der Waals surface area contributed by atoms with E-state index in [4.69, 9.17) is 0 Å². The Balaban J connectivity index is 2.05. The van der Waals surface area contributed by atoms with Crippen molar-refractivity contribution >= 4 is 21.6 Å².